The van der Waals surface area contributed by atoms with Crippen molar-refractivity contribution in [2.24, 2.45) is 0 Å². The quantitative estimate of drug-likeness (QED) is 0.477. The van der Waals surface area contributed by atoms with E-state index in [1.807, 2.05) is 39.9 Å². The maximum atomic E-state index is 13.4. The monoisotopic (exact) mass is 411 g/mol. The molecular weight excluding hydrogens is 393 g/mol. The Balaban J connectivity index is 1.27. The van der Waals surface area contributed by atoms with E-state index in [0.29, 0.717) is 30.2 Å². The molecule has 5 nitrogen and oxygen atoms in total. The lowest BCUT2D eigenvalue weighted by Crippen LogP contribution is -2.39. The van der Waals surface area contributed by atoms with Gasteiger partial charge in [-0.05, 0) is 43.2 Å². The summed E-state index contributed by atoms with van der Waals surface area (Å²) < 4.78 is 20.6. The molecule has 0 atom stereocenters. The van der Waals surface area contributed by atoms with Crippen molar-refractivity contribution < 1.29 is 13.7 Å². The van der Waals surface area contributed by atoms with Gasteiger partial charge >= 0.3 is 0 Å². The van der Waals surface area contributed by atoms with Crippen LogP contribution in [0, 0.1) is 5.82 Å². The predicted molar refractivity (Wildman–Crippen MR) is 109 cm³/mol. The third-order valence-corrected chi connectivity index (χ3v) is 6.09. The van der Waals surface area contributed by atoms with Crippen molar-refractivity contribution in [2.75, 3.05) is 13.1 Å². The van der Waals surface area contributed by atoms with Gasteiger partial charge in [-0.2, -0.15) is 0 Å². The van der Waals surface area contributed by atoms with E-state index in [1.165, 1.54) is 12.1 Å². The van der Waals surface area contributed by atoms with Crippen molar-refractivity contribution in [3.63, 3.8) is 0 Å². The number of hydrogen-bond donors (Lipinski definition) is 0. The summed E-state index contributed by atoms with van der Waals surface area (Å²) in [5.41, 5.74) is 2.29. The molecule has 2 aromatic carbocycles. The molecule has 0 bridgehead atoms. The maximum Gasteiger partial charge on any atom is 0.242 e. The first-order valence-electron chi connectivity index (χ1n) is 9.66. The number of nitrogens with zero attached hydrogens (tertiary/aromatic N) is 3. The average molecular weight is 412 g/mol. The average Bonchev–Trinajstić information content (AvgIpc) is 3.33. The van der Waals surface area contributed by atoms with Gasteiger partial charge < -0.3 is 14.0 Å². The molecule has 5 rings (SSSR count). The molecule has 1 fully saturated rings. The summed E-state index contributed by atoms with van der Waals surface area (Å²) in [5.74, 6) is -0.0376. The number of piperidine rings is 1. The Morgan fingerprint density at radius 1 is 1.17 bits per heavy atom. The van der Waals surface area contributed by atoms with Crippen molar-refractivity contribution in [1.82, 2.24) is 14.6 Å². The number of aromatic nitrogens is 2. The third kappa shape index (κ3) is 3.27. The number of likely N-dealkylation sites (tertiary alicyclic amines) is 1. The van der Waals surface area contributed by atoms with Crippen molar-refractivity contribution in [3.05, 3.63) is 65.2 Å². The predicted octanol–water partition coefficient (Wildman–Crippen LogP) is 4.98. The molecule has 1 amide bonds. The smallest absolute Gasteiger partial charge is 0.242 e. The number of carbonyl (C=O) groups is 1. The minimum absolute atomic E-state index is 0.0907. The van der Waals surface area contributed by atoms with Crippen molar-refractivity contribution in [3.8, 4) is 0 Å². The topological polar surface area (TPSA) is 51.3 Å². The van der Waals surface area contributed by atoms with Gasteiger partial charge in [-0.1, -0.05) is 22.8 Å². The number of benzene rings is 2. The van der Waals surface area contributed by atoms with Gasteiger partial charge in [-0.3, -0.25) is 4.79 Å². The molecule has 0 saturated carbocycles. The van der Waals surface area contributed by atoms with E-state index in [0.717, 1.165) is 34.8 Å². The van der Waals surface area contributed by atoms with Gasteiger partial charge in [0.25, 0.3) is 0 Å². The van der Waals surface area contributed by atoms with Crippen LogP contribution in [0.5, 0.6) is 0 Å². The molecule has 7 heteroatoms. The van der Waals surface area contributed by atoms with E-state index in [2.05, 4.69) is 5.16 Å². The molecular formula is C22H19ClFN3O2. The lowest BCUT2D eigenvalue weighted by Gasteiger charge is -2.31. The SMILES string of the molecule is O=C(Cn1ccc2c(Cl)cccc21)N1CCC(c2noc3cc(F)ccc23)CC1. The van der Waals surface area contributed by atoms with Gasteiger partial charge in [0.15, 0.2) is 5.58 Å². The number of hydrogen-bond acceptors (Lipinski definition) is 3. The Kier molecular flexibility index (Phi) is 4.51. The molecule has 2 aromatic heterocycles. The van der Waals surface area contributed by atoms with E-state index in [9.17, 15) is 9.18 Å². The lowest BCUT2D eigenvalue weighted by molar-refractivity contribution is -0.132. The number of rotatable bonds is 3. The fourth-order valence-corrected chi connectivity index (χ4v) is 4.43. The molecule has 3 heterocycles. The van der Waals surface area contributed by atoms with Crippen molar-refractivity contribution in [1.29, 1.82) is 0 Å². The molecule has 29 heavy (non-hydrogen) atoms. The second-order valence-corrected chi connectivity index (χ2v) is 7.89. The second kappa shape index (κ2) is 7.19. The maximum absolute atomic E-state index is 13.4. The Morgan fingerprint density at radius 3 is 2.83 bits per heavy atom. The van der Waals surface area contributed by atoms with Crippen LogP contribution in [0.25, 0.3) is 21.9 Å². The zero-order valence-electron chi connectivity index (χ0n) is 15.6. The number of amides is 1. The normalized spacial score (nSPS) is 15.4. The fourth-order valence-electron chi connectivity index (χ4n) is 4.20. The van der Waals surface area contributed by atoms with Gasteiger partial charge in [0.2, 0.25) is 5.91 Å². The van der Waals surface area contributed by atoms with Crippen LogP contribution < -0.4 is 0 Å². The molecule has 1 saturated heterocycles. The first kappa shape index (κ1) is 18.2. The zero-order chi connectivity index (χ0) is 20.0. The fraction of sp³-hybridized carbons (Fsp3) is 0.273. The summed E-state index contributed by atoms with van der Waals surface area (Å²) in [4.78, 5) is 14.7. The van der Waals surface area contributed by atoms with E-state index < -0.39 is 0 Å². The minimum atomic E-state index is -0.334. The van der Waals surface area contributed by atoms with E-state index in [4.69, 9.17) is 16.1 Å². The first-order chi connectivity index (χ1) is 14.1. The minimum Gasteiger partial charge on any atom is -0.356 e. The summed E-state index contributed by atoms with van der Waals surface area (Å²) >= 11 is 6.23. The Morgan fingerprint density at radius 2 is 2.00 bits per heavy atom. The summed E-state index contributed by atoms with van der Waals surface area (Å²) in [6.07, 6.45) is 3.52. The van der Waals surface area contributed by atoms with Crippen LogP contribution >= 0.6 is 11.6 Å². The highest BCUT2D eigenvalue weighted by Crippen LogP contribution is 2.33. The standard InChI is InChI=1S/C22H19ClFN3O2/c23-18-2-1-3-19-16(18)8-11-27(19)13-21(28)26-9-6-14(7-10-26)22-17-5-4-15(24)12-20(17)29-25-22/h1-5,8,11-12,14H,6-7,9-10,13H2. The zero-order valence-corrected chi connectivity index (χ0v) is 16.4. The van der Waals surface area contributed by atoms with Gasteiger partial charge in [0.1, 0.15) is 12.4 Å². The van der Waals surface area contributed by atoms with E-state index in [1.54, 1.807) is 6.07 Å². The first-order valence-corrected chi connectivity index (χ1v) is 10.0. The van der Waals surface area contributed by atoms with Gasteiger partial charge in [0.05, 0.1) is 5.69 Å². The van der Waals surface area contributed by atoms with Crippen molar-refractivity contribution in [2.45, 2.75) is 25.3 Å². The van der Waals surface area contributed by atoms with Crippen LogP contribution in [0.4, 0.5) is 4.39 Å². The summed E-state index contributed by atoms with van der Waals surface area (Å²) in [5, 5.41) is 6.67. The molecule has 0 radical (unpaired) electrons. The number of carbonyl (C=O) groups excluding carboxylic acids is 1. The molecule has 1 aliphatic heterocycles. The van der Waals surface area contributed by atoms with Crippen LogP contribution in [0.1, 0.15) is 24.5 Å². The number of halogens is 2. The Hall–Kier alpha value is -2.86. The molecule has 4 aromatic rings. The molecule has 148 valence electrons. The van der Waals surface area contributed by atoms with Crippen LogP contribution in [0.3, 0.4) is 0 Å². The van der Waals surface area contributed by atoms with Crippen LogP contribution in [0.2, 0.25) is 5.02 Å². The van der Waals surface area contributed by atoms with Crippen LogP contribution in [-0.2, 0) is 11.3 Å². The van der Waals surface area contributed by atoms with Crippen LogP contribution in [0.15, 0.2) is 53.2 Å². The highest BCUT2D eigenvalue weighted by atomic mass is 35.5. The Bertz CT molecular complexity index is 1210. The van der Waals surface area contributed by atoms with Crippen molar-refractivity contribution >= 4 is 39.4 Å². The highest BCUT2D eigenvalue weighted by molar-refractivity contribution is 6.35. The van der Waals surface area contributed by atoms with Crippen LogP contribution in [-0.4, -0.2) is 33.6 Å². The van der Waals surface area contributed by atoms with Gasteiger partial charge in [-0.15, -0.1) is 0 Å². The second-order valence-electron chi connectivity index (χ2n) is 7.48. The molecule has 1 aliphatic rings. The largest absolute Gasteiger partial charge is 0.356 e. The summed E-state index contributed by atoms with van der Waals surface area (Å²) in [7, 11) is 0. The molecule has 0 spiro atoms. The molecule has 0 unspecified atom stereocenters. The number of fused-ring (bicyclic) bond motifs is 2. The molecule has 0 N–H and O–H groups in total. The van der Waals surface area contributed by atoms with Gasteiger partial charge in [0, 0.05) is 52.6 Å². The summed E-state index contributed by atoms with van der Waals surface area (Å²) in [6.45, 7) is 1.62. The Labute approximate surface area is 171 Å². The van der Waals surface area contributed by atoms with Gasteiger partial charge in [-0.25, -0.2) is 4.39 Å². The van der Waals surface area contributed by atoms with E-state index in [-0.39, 0.29) is 17.6 Å². The molecule has 0 aliphatic carbocycles. The lowest BCUT2D eigenvalue weighted by atomic mass is 9.91. The van der Waals surface area contributed by atoms with E-state index >= 15 is 0 Å². The summed E-state index contributed by atoms with van der Waals surface area (Å²) in [6, 6.07) is 12.2. The third-order valence-electron chi connectivity index (χ3n) is 5.76. The highest BCUT2D eigenvalue weighted by Gasteiger charge is 2.27.